The van der Waals surface area contributed by atoms with Gasteiger partial charge in [0.2, 0.25) is 5.91 Å². The van der Waals surface area contributed by atoms with Gasteiger partial charge in [-0.2, -0.15) is 0 Å². The van der Waals surface area contributed by atoms with Crippen molar-refractivity contribution in [3.8, 4) is 0 Å². The van der Waals surface area contributed by atoms with Crippen molar-refractivity contribution in [3.63, 3.8) is 0 Å². The normalized spacial score (nSPS) is 20.2. The van der Waals surface area contributed by atoms with Crippen molar-refractivity contribution in [2.24, 2.45) is 0 Å². The quantitative estimate of drug-likeness (QED) is 0.452. The van der Waals surface area contributed by atoms with E-state index in [0.29, 0.717) is 16.8 Å². The lowest BCUT2D eigenvalue weighted by Gasteiger charge is -2.38. The Hall–Kier alpha value is -2.92. The van der Waals surface area contributed by atoms with E-state index < -0.39 is 44.0 Å². The summed E-state index contributed by atoms with van der Waals surface area (Å²) in [7, 11) is -2.10. The van der Waals surface area contributed by atoms with E-state index in [1.165, 1.54) is 17.9 Å². The van der Waals surface area contributed by atoms with Gasteiger partial charge in [0.05, 0.1) is 30.9 Å². The number of halogens is 1. The van der Waals surface area contributed by atoms with E-state index in [1.807, 2.05) is 6.08 Å². The van der Waals surface area contributed by atoms with Crippen LogP contribution in [0.25, 0.3) is 5.57 Å². The molecule has 1 saturated heterocycles. The van der Waals surface area contributed by atoms with Crippen LogP contribution in [0.2, 0.25) is 18.1 Å². The van der Waals surface area contributed by atoms with Crippen LogP contribution in [0.5, 0.6) is 0 Å². The first-order chi connectivity index (χ1) is 17.9. The average molecular weight is 564 g/mol. The first-order valence-corrected chi connectivity index (χ1v) is 16.1. The number of cyclic esters (lactones) is 1. The van der Waals surface area contributed by atoms with Crippen LogP contribution in [0.3, 0.4) is 0 Å². The molecule has 2 heterocycles. The Morgan fingerprint density at radius 2 is 1.85 bits per heavy atom. The molecule has 216 valence electrons. The average Bonchev–Trinajstić information content (AvgIpc) is 3.38. The van der Waals surface area contributed by atoms with E-state index in [-0.39, 0.29) is 37.2 Å². The van der Waals surface area contributed by atoms with Gasteiger partial charge in [0.25, 0.3) is 0 Å². The van der Waals surface area contributed by atoms with Crippen LogP contribution in [-0.4, -0.2) is 75.3 Å². The molecular formula is C28H42FN3O6Si. The highest BCUT2D eigenvalue weighted by molar-refractivity contribution is 6.74. The van der Waals surface area contributed by atoms with Gasteiger partial charge in [-0.1, -0.05) is 26.8 Å². The molecular weight excluding hydrogens is 521 g/mol. The Kier molecular flexibility index (Phi) is 8.86. The second kappa shape index (κ2) is 11.3. The second-order valence-corrected chi connectivity index (χ2v) is 17.5. The van der Waals surface area contributed by atoms with Gasteiger partial charge in [0, 0.05) is 19.0 Å². The maximum atomic E-state index is 15.5. The zero-order valence-corrected chi connectivity index (χ0v) is 25.5. The molecule has 1 aromatic carbocycles. The highest BCUT2D eigenvalue weighted by Gasteiger charge is 2.40. The summed E-state index contributed by atoms with van der Waals surface area (Å²) < 4.78 is 32.7. The number of carbonyl (C=O) groups is 3. The van der Waals surface area contributed by atoms with Crippen molar-refractivity contribution >= 4 is 37.7 Å². The smallest absolute Gasteiger partial charge is 0.414 e. The Morgan fingerprint density at radius 3 is 2.41 bits per heavy atom. The van der Waals surface area contributed by atoms with E-state index in [2.05, 4.69) is 39.2 Å². The molecule has 0 aliphatic carbocycles. The Bertz CT molecular complexity index is 1140. The zero-order valence-electron chi connectivity index (χ0n) is 24.5. The fraction of sp³-hybridized carbons (Fsp3) is 0.607. The number of anilines is 1. The first-order valence-electron chi connectivity index (χ1n) is 13.2. The molecule has 39 heavy (non-hydrogen) atoms. The number of carbonyl (C=O) groups excluding carboxylic acids is 3. The summed E-state index contributed by atoms with van der Waals surface area (Å²) in [6, 6.07) is 3.66. The van der Waals surface area contributed by atoms with E-state index in [9.17, 15) is 14.4 Å². The minimum absolute atomic E-state index is 0.00858. The zero-order chi connectivity index (χ0) is 29.3. The number of hydrogen-bond acceptors (Lipinski definition) is 6. The summed E-state index contributed by atoms with van der Waals surface area (Å²) in [5.74, 6) is -0.766. The Balaban J connectivity index is 1.87. The molecule has 2 aliphatic heterocycles. The molecule has 0 bridgehead atoms. The molecule has 11 heteroatoms. The number of ether oxygens (including phenoxy) is 2. The predicted molar refractivity (Wildman–Crippen MR) is 151 cm³/mol. The van der Waals surface area contributed by atoms with E-state index in [4.69, 9.17) is 13.9 Å². The molecule has 3 amide bonds. The van der Waals surface area contributed by atoms with Crippen LogP contribution in [0.4, 0.5) is 19.7 Å². The van der Waals surface area contributed by atoms with Gasteiger partial charge in [-0.25, -0.2) is 14.0 Å². The van der Waals surface area contributed by atoms with Crippen LogP contribution in [0, 0.1) is 5.82 Å². The third-order valence-corrected chi connectivity index (χ3v) is 11.8. The summed E-state index contributed by atoms with van der Waals surface area (Å²) in [6.07, 6.45) is 0.769. The molecule has 3 rings (SSSR count). The van der Waals surface area contributed by atoms with Crippen molar-refractivity contribution < 1.29 is 32.7 Å². The summed E-state index contributed by atoms with van der Waals surface area (Å²) in [4.78, 5) is 39.7. The highest BCUT2D eigenvalue weighted by Crippen LogP contribution is 2.38. The lowest BCUT2D eigenvalue weighted by atomic mass is 10.0. The third-order valence-electron chi connectivity index (χ3n) is 7.31. The maximum absolute atomic E-state index is 15.5. The fourth-order valence-electron chi connectivity index (χ4n) is 4.12. The SMILES string of the molecule is CC(=O)NCC1COC(=O)N1c1ccc(C2=C[C@@H](CO[Si](C)(C)C(C)(C)C)N(C(=O)OC(C)(C)C)C2)c(F)c1. The van der Waals surface area contributed by atoms with Gasteiger partial charge in [0.15, 0.2) is 8.32 Å². The molecule has 2 atom stereocenters. The molecule has 0 radical (unpaired) electrons. The third kappa shape index (κ3) is 7.39. The topological polar surface area (TPSA) is 97.4 Å². The largest absolute Gasteiger partial charge is 0.447 e. The number of benzene rings is 1. The van der Waals surface area contributed by atoms with E-state index in [1.54, 1.807) is 37.8 Å². The number of nitrogens with one attached hydrogen (secondary N) is 1. The maximum Gasteiger partial charge on any atom is 0.414 e. The number of rotatable bonds is 7. The Morgan fingerprint density at radius 1 is 1.18 bits per heavy atom. The number of hydrogen-bond donors (Lipinski definition) is 1. The van der Waals surface area contributed by atoms with Crippen molar-refractivity contribution in [1.29, 1.82) is 0 Å². The van der Waals surface area contributed by atoms with Gasteiger partial charge in [0.1, 0.15) is 18.0 Å². The second-order valence-electron chi connectivity index (χ2n) is 12.6. The summed E-state index contributed by atoms with van der Waals surface area (Å²) in [6.45, 7) is 18.2. The molecule has 1 fully saturated rings. The summed E-state index contributed by atoms with van der Waals surface area (Å²) in [5, 5.41) is 2.66. The first kappa shape index (κ1) is 30.6. The van der Waals surface area contributed by atoms with Gasteiger partial charge in [-0.15, -0.1) is 0 Å². The van der Waals surface area contributed by atoms with Crippen LogP contribution < -0.4 is 10.2 Å². The monoisotopic (exact) mass is 563 g/mol. The van der Waals surface area contributed by atoms with Crippen LogP contribution in [-0.2, 0) is 18.7 Å². The van der Waals surface area contributed by atoms with Crippen molar-refractivity contribution in [1.82, 2.24) is 10.2 Å². The molecule has 9 nitrogen and oxygen atoms in total. The van der Waals surface area contributed by atoms with Gasteiger partial charge < -0.3 is 19.2 Å². The standard InChI is InChI=1S/C28H42FN3O6Si/c1-18(33)30-14-22-16-36-26(35)32(22)20-10-11-23(24(29)13-20)19-12-21(17-37-39(8,9)28(5,6)7)31(15-19)25(34)38-27(2,3)4/h10-13,21-22H,14-17H2,1-9H3,(H,30,33)/t21-,22?/m0/s1. The fourth-order valence-corrected chi connectivity index (χ4v) is 5.14. The van der Waals surface area contributed by atoms with Gasteiger partial charge in [-0.05, 0) is 62.7 Å². The van der Waals surface area contributed by atoms with E-state index >= 15 is 4.39 Å². The molecule has 1 aromatic rings. The minimum atomic E-state index is -2.10. The predicted octanol–water partition coefficient (Wildman–Crippen LogP) is 5.31. The van der Waals surface area contributed by atoms with Crippen LogP contribution in [0.15, 0.2) is 24.3 Å². The highest BCUT2D eigenvalue weighted by atomic mass is 28.4. The van der Waals surface area contributed by atoms with Gasteiger partial charge in [-0.3, -0.25) is 14.6 Å². The lowest BCUT2D eigenvalue weighted by Crippen LogP contribution is -2.47. The van der Waals surface area contributed by atoms with Crippen LogP contribution in [0.1, 0.15) is 54.0 Å². The molecule has 1 unspecified atom stereocenters. The van der Waals surface area contributed by atoms with Crippen molar-refractivity contribution in [2.45, 2.75) is 84.3 Å². The molecule has 0 saturated carbocycles. The van der Waals surface area contributed by atoms with E-state index in [0.717, 1.165) is 0 Å². The number of amides is 3. The van der Waals surface area contributed by atoms with Crippen molar-refractivity contribution in [3.05, 3.63) is 35.7 Å². The van der Waals surface area contributed by atoms with Crippen LogP contribution >= 0.6 is 0 Å². The minimum Gasteiger partial charge on any atom is -0.447 e. The van der Waals surface area contributed by atoms with Crippen molar-refractivity contribution in [2.75, 3.05) is 31.2 Å². The molecule has 0 aromatic heterocycles. The summed E-state index contributed by atoms with van der Waals surface area (Å²) in [5.41, 5.74) is 0.602. The van der Waals surface area contributed by atoms with Gasteiger partial charge >= 0.3 is 12.2 Å². The molecule has 0 spiro atoms. The molecule has 1 N–H and O–H groups in total. The summed E-state index contributed by atoms with van der Waals surface area (Å²) >= 11 is 0. The molecule has 2 aliphatic rings. The number of nitrogens with zero attached hydrogens (tertiary/aromatic N) is 2. The Labute approximate surface area is 231 Å². The lowest BCUT2D eigenvalue weighted by molar-refractivity contribution is -0.119.